The summed E-state index contributed by atoms with van der Waals surface area (Å²) in [5.74, 6) is 0.461. The fourth-order valence-electron chi connectivity index (χ4n) is 2.27. The SMILES string of the molecule is CCCCCNC(=O)c1cnc(Nc2ccccc2CC)cn1. The number of para-hydroxylation sites is 1. The summed E-state index contributed by atoms with van der Waals surface area (Å²) in [7, 11) is 0. The quantitative estimate of drug-likeness (QED) is 0.729. The van der Waals surface area contributed by atoms with Crippen LogP contribution in [0, 0.1) is 0 Å². The smallest absolute Gasteiger partial charge is 0.271 e. The molecule has 0 aliphatic heterocycles. The lowest BCUT2D eigenvalue weighted by Gasteiger charge is -2.10. The fraction of sp³-hybridized carbons (Fsp3) is 0.389. The fourth-order valence-corrected chi connectivity index (χ4v) is 2.27. The molecule has 0 saturated carbocycles. The molecular formula is C18H24N4O. The summed E-state index contributed by atoms with van der Waals surface area (Å²) in [4.78, 5) is 20.4. The van der Waals surface area contributed by atoms with Gasteiger partial charge in [0.05, 0.1) is 12.4 Å². The molecule has 0 aliphatic rings. The summed E-state index contributed by atoms with van der Waals surface area (Å²) in [5, 5.41) is 6.10. The van der Waals surface area contributed by atoms with Crippen LogP contribution in [0.4, 0.5) is 11.5 Å². The number of hydrogen-bond donors (Lipinski definition) is 2. The number of benzene rings is 1. The molecule has 23 heavy (non-hydrogen) atoms. The Morgan fingerprint density at radius 3 is 2.61 bits per heavy atom. The monoisotopic (exact) mass is 312 g/mol. The van der Waals surface area contributed by atoms with Gasteiger partial charge in [-0.3, -0.25) is 4.79 Å². The summed E-state index contributed by atoms with van der Waals surface area (Å²) >= 11 is 0. The second-order valence-electron chi connectivity index (χ2n) is 5.39. The molecule has 1 amide bonds. The first-order chi connectivity index (χ1) is 11.2. The number of aromatic nitrogens is 2. The molecule has 0 bridgehead atoms. The Kier molecular flexibility index (Phi) is 6.54. The second-order valence-corrected chi connectivity index (χ2v) is 5.39. The molecule has 0 atom stereocenters. The van der Waals surface area contributed by atoms with Crippen LogP contribution >= 0.6 is 0 Å². The maximum atomic E-state index is 11.9. The molecule has 0 fully saturated rings. The molecule has 2 rings (SSSR count). The minimum atomic E-state index is -0.172. The molecule has 5 nitrogen and oxygen atoms in total. The number of amides is 1. The van der Waals surface area contributed by atoms with E-state index >= 15 is 0 Å². The first-order valence-electron chi connectivity index (χ1n) is 8.19. The van der Waals surface area contributed by atoms with Gasteiger partial charge in [-0.15, -0.1) is 0 Å². The Morgan fingerprint density at radius 2 is 1.91 bits per heavy atom. The van der Waals surface area contributed by atoms with Crippen LogP contribution in [0.2, 0.25) is 0 Å². The molecule has 0 unspecified atom stereocenters. The van der Waals surface area contributed by atoms with Gasteiger partial charge in [-0.1, -0.05) is 44.9 Å². The van der Waals surface area contributed by atoms with Crippen molar-refractivity contribution in [2.24, 2.45) is 0 Å². The lowest BCUT2D eigenvalue weighted by atomic mass is 10.1. The molecule has 0 aliphatic carbocycles. The van der Waals surface area contributed by atoms with E-state index in [1.54, 1.807) is 6.20 Å². The number of rotatable bonds is 8. The van der Waals surface area contributed by atoms with E-state index in [2.05, 4.69) is 40.5 Å². The molecule has 0 saturated heterocycles. The molecule has 2 N–H and O–H groups in total. The minimum absolute atomic E-state index is 0.172. The van der Waals surface area contributed by atoms with Gasteiger partial charge in [0.15, 0.2) is 0 Å². The highest BCUT2D eigenvalue weighted by Crippen LogP contribution is 2.19. The van der Waals surface area contributed by atoms with Crippen molar-refractivity contribution in [2.75, 3.05) is 11.9 Å². The van der Waals surface area contributed by atoms with E-state index in [1.807, 2.05) is 18.2 Å². The van der Waals surface area contributed by atoms with Crippen molar-refractivity contribution in [1.29, 1.82) is 0 Å². The Balaban J connectivity index is 1.95. The molecule has 0 spiro atoms. The average Bonchev–Trinajstić information content (AvgIpc) is 2.59. The maximum absolute atomic E-state index is 11.9. The van der Waals surface area contributed by atoms with E-state index in [0.717, 1.165) is 31.4 Å². The van der Waals surface area contributed by atoms with Crippen molar-refractivity contribution in [1.82, 2.24) is 15.3 Å². The third-order valence-electron chi connectivity index (χ3n) is 3.61. The van der Waals surface area contributed by atoms with Crippen molar-refractivity contribution >= 4 is 17.4 Å². The van der Waals surface area contributed by atoms with Crippen molar-refractivity contribution in [2.45, 2.75) is 39.5 Å². The highest BCUT2D eigenvalue weighted by Gasteiger charge is 2.08. The lowest BCUT2D eigenvalue weighted by Crippen LogP contribution is -2.25. The number of anilines is 2. The van der Waals surface area contributed by atoms with Gasteiger partial charge in [0.25, 0.3) is 5.91 Å². The zero-order valence-electron chi connectivity index (χ0n) is 13.8. The molecule has 5 heteroatoms. The van der Waals surface area contributed by atoms with Gasteiger partial charge < -0.3 is 10.6 Å². The number of hydrogen-bond acceptors (Lipinski definition) is 4. The van der Waals surface area contributed by atoms with Gasteiger partial charge in [-0.25, -0.2) is 9.97 Å². The van der Waals surface area contributed by atoms with Crippen LogP contribution in [0.5, 0.6) is 0 Å². The Hall–Kier alpha value is -2.43. The maximum Gasteiger partial charge on any atom is 0.271 e. The summed E-state index contributed by atoms with van der Waals surface area (Å²) in [6.07, 6.45) is 7.28. The molecule has 1 heterocycles. The Morgan fingerprint density at radius 1 is 1.09 bits per heavy atom. The van der Waals surface area contributed by atoms with Crippen LogP contribution in [0.3, 0.4) is 0 Å². The van der Waals surface area contributed by atoms with E-state index in [1.165, 1.54) is 11.8 Å². The Labute approximate surface area is 137 Å². The molecule has 122 valence electrons. The first-order valence-corrected chi connectivity index (χ1v) is 8.19. The Bertz CT molecular complexity index is 625. The number of aryl methyl sites for hydroxylation is 1. The van der Waals surface area contributed by atoms with E-state index in [9.17, 15) is 4.79 Å². The zero-order chi connectivity index (χ0) is 16.5. The van der Waals surface area contributed by atoms with Crippen molar-refractivity contribution in [3.8, 4) is 0 Å². The number of carbonyl (C=O) groups is 1. The van der Waals surface area contributed by atoms with Gasteiger partial charge in [0, 0.05) is 12.2 Å². The standard InChI is InChI=1S/C18H24N4O/c1-3-5-8-11-19-18(23)16-12-21-17(13-20-16)22-15-10-7-6-9-14(15)4-2/h6-7,9-10,12-13H,3-5,8,11H2,1-2H3,(H,19,23)(H,21,22). The molecular weight excluding hydrogens is 288 g/mol. The van der Waals surface area contributed by atoms with Crippen LogP contribution in [0.25, 0.3) is 0 Å². The van der Waals surface area contributed by atoms with E-state index in [-0.39, 0.29) is 5.91 Å². The van der Waals surface area contributed by atoms with Crippen LogP contribution in [-0.2, 0) is 6.42 Å². The first kappa shape index (κ1) is 16.9. The highest BCUT2D eigenvalue weighted by atomic mass is 16.1. The van der Waals surface area contributed by atoms with Gasteiger partial charge in [0.1, 0.15) is 11.5 Å². The van der Waals surface area contributed by atoms with Crippen molar-refractivity contribution in [3.63, 3.8) is 0 Å². The molecule has 1 aromatic heterocycles. The van der Waals surface area contributed by atoms with Crippen molar-refractivity contribution in [3.05, 3.63) is 47.9 Å². The summed E-state index contributed by atoms with van der Waals surface area (Å²) in [6, 6.07) is 8.08. The molecule has 2 aromatic rings. The number of carbonyl (C=O) groups excluding carboxylic acids is 1. The molecule has 0 radical (unpaired) electrons. The second kappa shape index (κ2) is 8.88. The van der Waals surface area contributed by atoms with Gasteiger partial charge in [-0.05, 0) is 24.5 Å². The van der Waals surface area contributed by atoms with E-state index in [0.29, 0.717) is 18.1 Å². The van der Waals surface area contributed by atoms with E-state index < -0.39 is 0 Å². The van der Waals surface area contributed by atoms with Gasteiger partial charge in [-0.2, -0.15) is 0 Å². The largest absolute Gasteiger partial charge is 0.351 e. The topological polar surface area (TPSA) is 66.9 Å². The summed E-state index contributed by atoms with van der Waals surface area (Å²) < 4.78 is 0. The average molecular weight is 312 g/mol. The summed E-state index contributed by atoms with van der Waals surface area (Å²) in [6.45, 7) is 4.92. The van der Waals surface area contributed by atoms with E-state index in [4.69, 9.17) is 0 Å². The minimum Gasteiger partial charge on any atom is -0.351 e. The van der Waals surface area contributed by atoms with Crippen LogP contribution in [0.1, 0.15) is 49.2 Å². The third kappa shape index (κ3) is 5.06. The third-order valence-corrected chi connectivity index (χ3v) is 3.61. The van der Waals surface area contributed by atoms with Gasteiger partial charge >= 0.3 is 0 Å². The van der Waals surface area contributed by atoms with Crippen molar-refractivity contribution < 1.29 is 4.79 Å². The van der Waals surface area contributed by atoms with Crippen LogP contribution in [-0.4, -0.2) is 22.4 Å². The van der Waals surface area contributed by atoms with Gasteiger partial charge in [0.2, 0.25) is 0 Å². The normalized spacial score (nSPS) is 10.3. The predicted octanol–water partition coefficient (Wildman–Crippen LogP) is 3.70. The predicted molar refractivity (Wildman–Crippen MR) is 93.0 cm³/mol. The lowest BCUT2D eigenvalue weighted by molar-refractivity contribution is 0.0947. The van der Waals surface area contributed by atoms with Crippen LogP contribution < -0.4 is 10.6 Å². The molecule has 1 aromatic carbocycles. The van der Waals surface area contributed by atoms with Crippen LogP contribution in [0.15, 0.2) is 36.7 Å². The number of nitrogens with zero attached hydrogens (tertiary/aromatic N) is 2. The number of nitrogens with one attached hydrogen (secondary N) is 2. The highest BCUT2D eigenvalue weighted by molar-refractivity contribution is 5.92. The summed E-state index contributed by atoms with van der Waals surface area (Å²) in [5.41, 5.74) is 2.57. The number of unbranched alkanes of at least 4 members (excludes halogenated alkanes) is 2. The zero-order valence-corrected chi connectivity index (χ0v) is 13.8.